The molecule has 2 heteroatoms. The molecule has 4 unspecified atom stereocenters. The lowest BCUT2D eigenvalue weighted by Crippen LogP contribution is -2.41. The zero-order valence-electron chi connectivity index (χ0n) is 7.86. The van der Waals surface area contributed by atoms with E-state index in [2.05, 4.69) is 13.8 Å². The summed E-state index contributed by atoms with van der Waals surface area (Å²) in [7, 11) is 0. The Morgan fingerprint density at radius 1 is 1.33 bits per heavy atom. The number of rotatable bonds is 1. The summed E-state index contributed by atoms with van der Waals surface area (Å²) in [6, 6.07) is 0. The highest BCUT2D eigenvalue weighted by Crippen LogP contribution is 2.39. The Bertz CT molecular complexity index is 167. The van der Waals surface area contributed by atoms with Crippen LogP contribution in [-0.4, -0.2) is 23.4 Å². The SMILES string of the molecule is CC(C)C1CC2CCC(O2)C1O. The van der Waals surface area contributed by atoms with Crippen molar-refractivity contribution in [3.63, 3.8) is 0 Å². The van der Waals surface area contributed by atoms with E-state index in [4.69, 9.17) is 4.74 Å². The fourth-order valence-electron chi connectivity index (χ4n) is 2.54. The van der Waals surface area contributed by atoms with E-state index >= 15 is 0 Å². The largest absolute Gasteiger partial charge is 0.390 e. The van der Waals surface area contributed by atoms with Gasteiger partial charge in [0.05, 0.1) is 18.3 Å². The molecule has 2 saturated heterocycles. The van der Waals surface area contributed by atoms with E-state index in [9.17, 15) is 5.11 Å². The molecule has 1 N–H and O–H groups in total. The van der Waals surface area contributed by atoms with Gasteiger partial charge in [-0.1, -0.05) is 13.8 Å². The van der Waals surface area contributed by atoms with Crippen LogP contribution in [0.3, 0.4) is 0 Å². The fraction of sp³-hybridized carbons (Fsp3) is 1.00. The molecule has 70 valence electrons. The lowest BCUT2D eigenvalue weighted by atomic mass is 9.83. The first-order valence-corrected chi connectivity index (χ1v) is 5.02. The van der Waals surface area contributed by atoms with E-state index in [1.807, 2.05) is 0 Å². The van der Waals surface area contributed by atoms with Crippen LogP contribution < -0.4 is 0 Å². The van der Waals surface area contributed by atoms with Gasteiger partial charge in [-0.15, -0.1) is 0 Å². The first-order chi connectivity index (χ1) is 5.68. The minimum atomic E-state index is -0.205. The van der Waals surface area contributed by atoms with Gasteiger partial charge in [0.1, 0.15) is 0 Å². The number of hydrogen-bond donors (Lipinski definition) is 1. The topological polar surface area (TPSA) is 29.5 Å². The maximum Gasteiger partial charge on any atom is 0.0841 e. The van der Waals surface area contributed by atoms with Crippen molar-refractivity contribution in [2.45, 2.75) is 51.4 Å². The minimum absolute atomic E-state index is 0.149. The van der Waals surface area contributed by atoms with Gasteiger partial charge in [0, 0.05) is 0 Å². The Hall–Kier alpha value is -0.0800. The van der Waals surface area contributed by atoms with Gasteiger partial charge < -0.3 is 9.84 Å². The Balaban J connectivity index is 2.07. The third-order valence-corrected chi connectivity index (χ3v) is 3.35. The maximum atomic E-state index is 9.90. The van der Waals surface area contributed by atoms with Gasteiger partial charge in [-0.3, -0.25) is 0 Å². The molecule has 0 saturated carbocycles. The van der Waals surface area contributed by atoms with Crippen molar-refractivity contribution < 1.29 is 9.84 Å². The maximum absolute atomic E-state index is 9.90. The minimum Gasteiger partial charge on any atom is -0.390 e. The molecule has 0 amide bonds. The molecule has 0 aromatic carbocycles. The summed E-state index contributed by atoms with van der Waals surface area (Å²) < 4.78 is 5.64. The van der Waals surface area contributed by atoms with Crippen molar-refractivity contribution in [3.05, 3.63) is 0 Å². The molecule has 2 fully saturated rings. The molecule has 2 nitrogen and oxygen atoms in total. The Morgan fingerprint density at radius 2 is 2.08 bits per heavy atom. The molecule has 2 aliphatic rings. The molecule has 2 heterocycles. The van der Waals surface area contributed by atoms with Gasteiger partial charge >= 0.3 is 0 Å². The molecule has 2 aliphatic heterocycles. The highest BCUT2D eigenvalue weighted by Gasteiger charge is 2.42. The molecule has 12 heavy (non-hydrogen) atoms. The number of fused-ring (bicyclic) bond motifs is 2. The average Bonchev–Trinajstić information content (AvgIpc) is 2.41. The van der Waals surface area contributed by atoms with Gasteiger partial charge in [-0.05, 0) is 31.1 Å². The van der Waals surface area contributed by atoms with Crippen LogP contribution in [0.25, 0.3) is 0 Å². The van der Waals surface area contributed by atoms with Crippen LogP contribution in [0, 0.1) is 11.8 Å². The van der Waals surface area contributed by atoms with Crippen molar-refractivity contribution in [2.75, 3.05) is 0 Å². The summed E-state index contributed by atoms with van der Waals surface area (Å²) >= 11 is 0. The van der Waals surface area contributed by atoms with Gasteiger partial charge in [0.25, 0.3) is 0 Å². The van der Waals surface area contributed by atoms with Gasteiger partial charge in [-0.2, -0.15) is 0 Å². The lowest BCUT2D eigenvalue weighted by molar-refractivity contribution is -0.117. The molecule has 2 bridgehead atoms. The summed E-state index contributed by atoms with van der Waals surface area (Å²) in [5.74, 6) is 1.06. The Kier molecular flexibility index (Phi) is 2.13. The lowest BCUT2D eigenvalue weighted by Gasteiger charge is -2.35. The smallest absolute Gasteiger partial charge is 0.0841 e. The average molecular weight is 170 g/mol. The zero-order valence-corrected chi connectivity index (χ0v) is 7.86. The number of ether oxygens (including phenoxy) is 1. The predicted octanol–water partition coefficient (Wildman–Crippen LogP) is 1.57. The molecule has 0 spiro atoms. The summed E-state index contributed by atoms with van der Waals surface area (Å²) in [6.45, 7) is 4.39. The first kappa shape index (κ1) is 8.52. The van der Waals surface area contributed by atoms with Crippen LogP contribution in [0.1, 0.15) is 33.1 Å². The van der Waals surface area contributed by atoms with Crippen LogP contribution in [0.5, 0.6) is 0 Å². The first-order valence-electron chi connectivity index (χ1n) is 5.02. The molecule has 0 aromatic heterocycles. The van der Waals surface area contributed by atoms with Crippen molar-refractivity contribution in [3.8, 4) is 0 Å². The van der Waals surface area contributed by atoms with E-state index < -0.39 is 0 Å². The van der Waals surface area contributed by atoms with E-state index in [0.29, 0.717) is 17.9 Å². The summed E-state index contributed by atoms with van der Waals surface area (Å²) in [6.07, 6.45) is 3.68. The van der Waals surface area contributed by atoms with Crippen molar-refractivity contribution in [2.24, 2.45) is 11.8 Å². The molecule has 0 aromatic rings. The van der Waals surface area contributed by atoms with Crippen molar-refractivity contribution >= 4 is 0 Å². The predicted molar refractivity (Wildman–Crippen MR) is 46.8 cm³/mol. The normalized spacial score (nSPS) is 47.0. The molecule has 0 aliphatic carbocycles. The van der Waals surface area contributed by atoms with E-state index in [-0.39, 0.29) is 12.2 Å². The highest BCUT2D eigenvalue weighted by molar-refractivity contribution is 4.91. The van der Waals surface area contributed by atoms with Crippen molar-refractivity contribution in [1.82, 2.24) is 0 Å². The Labute approximate surface area is 73.9 Å². The summed E-state index contributed by atoms with van der Waals surface area (Å²) in [5.41, 5.74) is 0. The third kappa shape index (κ3) is 1.27. The zero-order chi connectivity index (χ0) is 8.72. The van der Waals surface area contributed by atoms with Crippen LogP contribution in [0.2, 0.25) is 0 Å². The number of hydrogen-bond acceptors (Lipinski definition) is 2. The third-order valence-electron chi connectivity index (χ3n) is 3.35. The molecule has 0 radical (unpaired) electrons. The van der Waals surface area contributed by atoms with Gasteiger partial charge in [-0.25, -0.2) is 0 Å². The van der Waals surface area contributed by atoms with Crippen LogP contribution in [0.4, 0.5) is 0 Å². The van der Waals surface area contributed by atoms with Crippen LogP contribution >= 0.6 is 0 Å². The molecular weight excluding hydrogens is 152 g/mol. The number of aliphatic hydroxyl groups is 1. The molecule has 4 atom stereocenters. The molecule has 2 rings (SSSR count). The van der Waals surface area contributed by atoms with E-state index in [0.717, 1.165) is 19.3 Å². The van der Waals surface area contributed by atoms with Crippen molar-refractivity contribution in [1.29, 1.82) is 0 Å². The second kappa shape index (κ2) is 3.00. The standard InChI is InChI=1S/C10H18O2/c1-6(2)8-5-7-3-4-9(12-7)10(8)11/h6-11H,3-5H2,1-2H3. The second-order valence-corrected chi connectivity index (χ2v) is 4.51. The molecular formula is C10H18O2. The summed E-state index contributed by atoms with van der Waals surface area (Å²) in [4.78, 5) is 0. The van der Waals surface area contributed by atoms with Gasteiger partial charge in [0.2, 0.25) is 0 Å². The van der Waals surface area contributed by atoms with E-state index in [1.165, 1.54) is 0 Å². The van der Waals surface area contributed by atoms with Gasteiger partial charge in [0.15, 0.2) is 0 Å². The summed E-state index contributed by atoms with van der Waals surface area (Å²) in [5, 5.41) is 9.90. The monoisotopic (exact) mass is 170 g/mol. The van der Waals surface area contributed by atoms with Crippen LogP contribution in [0.15, 0.2) is 0 Å². The Morgan fingerprint density at radius 3 is 2.75 bits per heavy atom. The highest BCUT2D eigenvalue weighted by atomic mass is 16.5. The van der Waals surface area contributed by atoms with E-state index in [1.54, 1.807) is 0 Å². The second-order valence-electron chi connectivity index (χ2n) is 4.51. The number of aliphatic hydroxyl groups excluding tert-OH is 1. The quantitative estimate of drug-likeness (QED) is 0.647. The van der Waals surface area contributed by atoms with Crippen LogP contribution in [-0.2, 0) is 4.74 Å². The fourth-order valence-corrected chi connectivity index (χ4v) is 2.54.